The summed E-state index contributed by atoms with van der Waals surface area (Å²) in [5.41, 5.74) is 2.41. The molecule has 3 rings (SSSR count). The molecular formula is C18H20N4O3. The van der Waals surface area contributed by atoms with Gasteiger partial charge in [0.2, 0.25) is 0 Å². The van der Waals surface area contributed by atoms with Crippen LogP contribution in [0.2, 0.25) is 0 Å². The predicted molar refractivity (Wildman–Crippen MR) is 95.3 cm³/mol. The molecule has 0 aliphatic rings. The minimum absolute atomic E-state index is 0.502. The first-order valence-electron chi connectivity index (χ1n) is 7.85. The SMILES string of the molecule is COc1ccc2c(c1)nnn2-c1cccc(NC(=O)OC(C)(C)C)c1. The molecule has 0 aliphatic carbocycles. The second-order valence-corrected chi connectivity index (χ2v) is 6.53. The van der Waals surface area contributed by atoms with Crippen molar-refractivity contribution >= 4 is 22.8 Å². The van der Waals surface area contributed by atoms with Crippen LogP contribution in [0.25, 0.3) is 16.7 Å². The number of methoxy groups -OCH3 is 1. The van der Waals surface area contributed by atoms with E-state index in [2.05, 4.69) is 15.6 Å². The van der Waals surface area contributed by atoms with Gasteiger partial charge in [0.25, 0.3) is 0 Å². The molecule has 7 heteroatoms. The fourth-order valence-electron chi connectivity index (χ4n) is 2.36. The Bertz CT molecular complexity index is 912. The summed E-state index contributed by atoms with van der Waals surface area (Å²) in [5, 5.41) is 11.1. The molecule has 0 unspecified atom stereocenters. The molecule has 130 valence electrons. The predicted octanol–water partition coefficient (Wildman–Crippen LogP) is 3.78. The van der Waals surface area contributed by atoms with Crippen molar-refractivity contribution < 1.29 is 14.3 Å². The lowest BCUT2D eigenvalue weighted by atomic mass is 10.2. The van der Waals surface area contributed by atoms with Gasteiger partial charge in [-0.2, -0.15) is 0 Å². The van der Waals surface area contributed by atoms with Crippen LogP contribution in [-0.2, 0) is 4.74 Å². The third-order valence-corrected chi connectivity index (χ3v) is 3.39. The normalized spacial score (nSPS) is 11.4. The van der Waals surface area contributed by atoms with E-state index in [4.69, 9.17) is 9.47 Å². The lowest BCUT2D eigenvalue weighted by molar-refractivity contribution is 0.0636. The number of nitrogens with zero attached hydrogens (tertiary/aromatic N) is 3. The Balaban J connectivity index is 1.88. The van der Waals surface area contributed by atoms with Crippen molar-refractivity contribution in [3.05, 3.63) is 42.5 Å². The number of carbonyl (C=O) groups excluding carboxylic acids is 1. The summed E-state index contributed by atoms with van der Waals surface area (Å²) in [5.74, 6) is 0.722. The number of nitrogens with one attached hydrogen (secondary N) is 1. The zero-order valence-corrected chi connectivity index (χ0v) is 14.6. The van der Waals surface area contributed by atoms with Crippen molar-refractivity contribution in [2.24, 2.45) is 0 Å². The summed E-state index contributed by atoms with van der Waals surface area (Å²) in [6, 6.07) is 12.9. The highest BCUT2D eigenvalue weighted by molar-refractivity contribution is 5.85. The van der Waals surface area contributed by atoms with E-state index < -0.39 is 11.7 Å². The number of rotatable bonds is 3. The van der Waals surface area contributed by atoms with Gasteiger partial charge in [0.05, 0.1) is 18.3 Å². The first-order valence-corrected chi connectivity index (χ1v) is 7.85. The summed E-state index contributed by atoms with van der Waals surface area (Å²) < 4.78 is 12.2. The number of hydrogen-bond donors (Lipinski definition) is 1. The van der Waals surface area contributed by atoms with Crippen LogP contribution < -0.4 is 10.1 Å². The fraction of sp³-hybridized carbons (Fsp3) is 0.278. The maximum atomic E-state index is 11.9. The molecule has 1 aromatic heterocycles. The molecule has 0 saturated carbocycles. The molecule has 0 saturated heterocycles. The van der Waals surface area contributed by atoms with E-state index in [9.17, 15) is 4.79 Å². The lowest BCUT2D eigenvalue weighted by Crippen LogP contribution is -2.27. The topological polar surface area (TPSA) is 78.3 Å². The molecule has 0 spiro atoms. The number of amides is 1. The van der Waals surface area contributed by atoms with Gasteiger partial charge in [-0.1, -0.05) is 11.3 Å². The van der Waals surface area contributed by atoms with Crippen LogP contribution in [0.15, 0.2) is 42.5 Å². The average Bonchev–Trinajstić information content (AvgIpc) is 2.96. The minimum atomic E-state index is -0.553. The molecule has 25 heavy (non-hydrogen) atoms. The van der Waals surface area contributed by atoms with Crippen molar-refractivity contribution in [2.75, 3.05) is 12.4 Å². The average molecular weight is 340 g/mol. The number of fused-ring (bicyclic) bond motifs is 1. The number of anilines is 1. The van der Waals surface area contributed by atoms with Gasteiger partial charge in [-0.05, 0) is 51.1 Å². The van der Waals surface area contributed by atoms with E-state index in [1.165, 1.54) is 0 Å². The monoisotopic (exact) mass is 340 g/mol. The smallest absolute Gasteiger partial charge is 0.412 e. The molecule has 2 aromatic carbocycles. The van der Waals surface area contributed by atoms with Gasteiger partial charge in [0, 0.05) is 11.8 Å². The van der Waals surface area contributed by atoms with Crippen molar-refractivity contribution in [3.63, 3.8) is 0 Å². The zero-order chi connectivity index (χ0) is 18.0. The van der Waals surface area contributed by atoms with Crippen LogP contribution >= 0.6 is 0 Å². The molecule has 1 amide bonds. The van der Waals surface area contributed by atoms with E-state index in [-0.39, 0.29) is 0 Å². The van der Waals surface area contributed by atoms with Gasteiger partial charge >= 0.3 is 6.09 Å². The Morgan fingerprint density at radius 3 is 2.68 bits per heavy atom. The summed E-state index contributed by atoms with van der Waals surface area (Å²) in [6.07, 6.45) is -0.502. The summed E-state index contributed by atoms with van der Waals surface area (Å²) >= 11 is 0. The second-order valence-electron chi connectivity index (χ2n) is 6.53. The van der Waals surface area contributed by atoms with Crippen LogP contribution in [0.3, 0.4) is 0 Å². The van der Waals surface area contributed by atoms with Crippen molar-refractivity contribution in [1.82, 2.24) is 15.0 Å². The first-order chi connectivity index (χ1) is 11.9. The Labute approximate surface area is 145 Å². The minimum Gasteiger partial charge on any atom is -0.497 e. The van der Waals surface area contributed by atoms with Gasteiger partial charge in [-0.25, -0.2) is 9.48 Å². The van der Waals surface area contributed by atoms with E-state index in [1.54, 1.807) is 17.9 Å². The van der Waals surface area contributed by atoms with E-state index in [1.807, 2.05) is 57.2 Å². The zero-order valence-electron chi connectivity index (χ0n) is 14.6. The van der Waals surface area contributed by atoms with E-state index in [0.29, 0.717) is 5.69 Å². The van der Waals surface area contributed by atoms with E-state index in [0.717, 1.165) is 22.5 Å². The highest BCUT2D eigenvalue weighted by Gasteiger charge is 2.16. The standard InChI is InChI=1S/C18H20N4O3/c1-18(2,3)25-17(23)19-12-6-5-7-13(10-12)22-16-9-8-14(24-4)11-15(16)20-21-22/h5-11H,1-4H3,(H,19,23). The van der Waals surface area contributed by atoms with E-state index >= 15 is 0 Å². The van der Waals surface area contributed by atoms with Gasteiger partial charge in [0.15, 0.2) is 0 Å². The molecular weight excluding hydrogens is 320 g/mol. The maximum absolute atomic E-state index is 11.9. The summed E-state index contributed by atoms with van der Waals surface area (Å²) in [4.78, 5) is 11.9. The largest absolute Gasteiger partial charge is 0.497 e. The number of ether oxygens (including phenoxy) is 2. The molecule has 0 bridgehead atoms. The highest BCUT2D eigenvalue weighted by atomic mass is 16.6. The third-order valence-electron chi connectivity index (χ3n) is 3.39. The van der Waals surface area contributed by atoms with Gasteiger partial charge in [-0.15, -0.1) is 5.10 Å². The third kappa shape index (κ3) is 3.88. The Morgan fingerprint density at radius 2 is 1.96 bits per heavy atom. The Kier molecular flexibility index (Phi) is 4.31. The van der Waals surface area contributed by atoms with Crippen molar-refractivity contribution in [3.8, 4) is 11.4 Å². The van der Waals surface area contributed by atoms with Crippen LogP contribution in [0.4, 0.5) is 10.5 Å². The highest BCUT2D eigenvalue weighted by Crippen LogP contribution is 2.23. The molecule has 0 aliphatic heterocycles. The number of benzene rings is 2. The second kappa shape index (κ2) is 6.43. The Hall–Kier alpha value is -3.09. The lowest BCUT2D eigenvalue weighted by Gasteiger charge is -2.19. The van der Waals surface area contributed by atoms with Gasteiger partial charge < -0.3 is 9.47 Å². The maximum Gasteiger partial charge on any atom is 0.412 e. The van der Waals surface area contributed by atoms with Crippen molar-refractivity contribution in [1.29, 1.82) is 0 Å². The summed E-state index contributed by atoms with van der Waals surface area (Å²) in [7, 11) is 1.61. The Morgan fingerprint density at radius 1 is 1.16 bits per heavy atom. The van der Waals surface area contributed by atoms with Crippen LogP contribution in [0.1, 0.15) is 20.8 Å². The molecule has 0 fully saturated rings. The first kappa shape index (κ1) is 16.8. The summed E-state index contributed by atoms with van der Waals surface area (Å²) in [6.45, 7) is 5.45. The van der Waals surface area contributed by atoms with Gasteiger partial charge in [-0.3, -0.25) is 5.32 Å². The molecule has 1 heterocycles. The molecule has 3 aromatic rings. The molecule has 7 nitrogen and oxygen atoms in total. The van der Waals surface area contributed by atoms with Crippen LogP contribution in [-0.4, -0.2) is 33.8 Å². The molecule has 0 radical (unpaired) electrons. The van der Waals surface area contributed by atoms with Gasteiger partial charge in [0.1, 0.15) is 16.9 Å². The number of aromatic nitrogens is 3. The number of carbonyl (C=O) groups is 1. The number of hydrogen-bond acceptors (Lipinski definition) is 5. The molecule has 1 N–H and O–H groups in total. The fourth-order valence-corrected chi connectivity index (χ4v) is 2.36. The quantitative estimate of drug-likeness (QED) is 0.785. The van der Waals surface area contributed by atoms with Crippen LogP contribution in [0, 0.1) is 0 Å². The van der Waals surface area contributed by atoms with Crippen molar-refractivity contribution in [2.45, 2.75) is 26.4 Å². The molecule has 0 atom stereocenters. The van der Waals surface area contributed by atoms with Crippen LogP contribution in [0.5, 0.6) is 5.75 Å².